The molecule has 0 unspecified atom stereocenters. The SMILES string of the molecule is Cc1ccc(NC(=NCC(C)C)NN)cc1Br. The minimum atomic E-state index is 0.505. The fourth-order valence-corrected chi connectivity index (χ4v) is 1.58. The number of hydrogen-bond acceptors (Lipinski definition) is 2. The van der Waals surface area contributed by atoms with Gasteiger partial charge in [0.05, 0.1) is 0 Å². The molecular formula is C12H19BrN4. The van der Waals surface area contributed by atoms with Crippen molar-refractivity contribution >= 4 is 27.6 Å². The predicted octanol–water partition coefficient (Wildman–Crippen LogP) is 2.64. The average molecular weight is 299 g/mol. The highest BCUT2D eigenvalue weighted by Crippen LogP contribution is 2.20. The summed E-state index contributed by atoms with van der Waals surface area (Å²) in [5.41, 5.74) is 4.70. The molecule has 17 heavy (non-hydrogen) atoms. The van der Waals surface area contributed by atoms with Crippen LogP contribution in [-0.4, -0.2) is 12.5 Å². The van der Waals surface area contributed by atoms with Gasteiger partial charge in [0, 0.05) is 16.7 Å². The van der Waals surface area contributed by atoms with Crippen LogP contribution in [0.2, 0.25) is 0 Å². The Morgan fingerprint density at radius 2 is 2.18 bits per heavy atom. The van der Waals surface area contributed by atoms with Crippen molar-refractivity contribution in [2.75, 3.05) is 11.9 Å². The lowest BCUT2D eigenvalue weighted by Gasteiger charge is -2.11. The van der Waals surface area contributed by atoms with Gasteiger partial charge in [-0.2, -0.15) is 0 Å². The van der Waals surface area contributed by atoms with Gasteiger partial charge in [0.2, 0.25) is 5.96 Å². The van der Waals surface area contributed by atoms with Gasteiger partial charge in [-0.15, -0.1) is 0 Å². The third-order valence-electron chi connectivity index (χ3n) is 2.19. The smallest absolute Gasteiger partial charge is 0.210 e. The van der Waals surface area contributed by atoms with E-state index >= 15 is 0 Å². The number of nitrogens with two attached hydrogens (primary N) is 1. The van der Waals surface area contributed by atoms with Gasteiger partial charge in [-0.1, -0.05) is 35.8 Å². The number of guanidine groups is 1. The summed E-state index contributed by atoms with van der Waals surface area (Å²) >= 11 is 3.49. The monoisotopic (exact) mass is 298 g/mol. The summed E-state index contributed by atoms with van der Waals surface area (Å²) in [5.74, 6) is 6.50. The number of rotatable bonds is 3. The molecule has 1 rings (SSSR count). The first-order valence-electron chi connectivity index (χ1n) is 5.57. The summed E-state index contributed by atoms with van der Waals surface area (Å²) in [6, 6.07) is 6.02. The Morgan fingerprint density at radius 3 is 2.71 bits per heavy atom. The van der Waals surface area contributed by atoms with Gasteiger partial charge < -0.3 is 5.32 Å². The van der Waals surface area contributed by atoms with Gasteiger partial charge >= 0.3 is 0 Å². The van der Waals surface area contributed by atoms with Gasteiger partial charge in [0.15, 0.2) is 0 Å². The highest BCUT2D eigenvalue weighted by atomic mass is 79.9. The first-order chi connectivity index (χ1) is 8.02. The van der Waals surface area contributed by atoms with Crippen molar-refractivity contribution in [1.29, 1.82) is 0 Å². The first-order valence-corrected chi connectivity index (χ1v) is 6.36. The quantitative estimate of drug-likeness (QED) is 0.348. The Bertz CT molecular complexity index is 401. The van der Waals surface area contributed by atoms with Gasteiger partial charge in [0.1, 0.15) is 0 Å². The second-order valence-electron chi connectivity index (χ2n) is 4.32. The van der Waals surface area contributed by atoms with Crippen LogP contribution in [0.1, 0.15) is 19.4 Å². The molecule has 0 aliphatic heterocycles. The van der Waals surface area contributed by atoms with E-state index in [1.807, 2.05) is 25.1 Å². The zero-order valence-electron chi connectivity index (χ0n) is 10.4. The minimum absolute atomic E-state index is 0.505. The molecule has 0 aliphatic carbocycles. The number of anilines is 1. The van der Waals surface area contributed by atoms with Crippen LogP contribution in [0.3, 0.4) is 0 Å². The van der Waals surface area contributed by atoms with Crippen molar-refractivity contribution in [2.24, 2.45) is 16.8 Å². The molecule has 0 saturated heterocycles. The van der Waals surface area contributed by atoms with Crippen molar-refractivity contribution in [3.63, 3.8) is 0 Å². The Balaban J connectivity index is 2.73. The predicted molar refractivity (Wildman–Crippen MR) is 77.0 cm³/mol. The molecule has 0 aromatic heterocycles. The summed E-state index contributed by atoms with van der Waals surface area (Å²) in [6.45, 7) is 7.00. The lowest BCUT2D eigenvalue weighted by molar-refractivity contribution is 0.663. The van der Waals surface area contributed by atoms with Gasteiger partial charge in [-0.05, 0) is 30.5 Å². The first kappa shape index (κ1) is 14.0. The third-order valence-corrected chi connectivity index (χ3v) is 3.04. The number of aryl methyl sites for hydroxylation is 1. The summed E-state index contributed by atoms with van der Waals surface area (Å²) in [5, 5.41) is 3.14. The van der Waals surface area contributed by atoms with E-state index in [-0.39, 0.29) is 0 Å². The molecule has 0 saturated carbocycles. The van der Waals surface area contributed by atoms with Crippen molar-refractivity contribution in [1.82, 2.24) is 5.43 Å². The second-order valence-corrected chi connectivity index (χ2v) is 5.17. The van der Waals surface area contributed by atoms with Crippen LogP contribution in [0.25, 0.3) is 0 Å². The maximum atomic E-state index is 5.42. The van der Waals surface area contributed by atoms with E-state index in [9.17, 15) is 0 Å². The van der Waals surface area contributed by atoms with Crippen molar-refractivity contribution in [2.45, 2.75) is 20.8 Å². The summed E-state index contributed by atoms with van der Waals surface area (Å²) in [6.07, 6.45) is 0. The Labute approximate surface area is 111 Å². The van der Waals surface area contributed by atoms with Crippen LogP contribution >= 0.6 is 15.9 Å². The molecule has 0 spiro atoms. The van der Waals surface area contributed by atoms with Crippen LogP contribution in [-0.2, 0) is 0 Å². The molecule has 1 aromatic carbocycles. The molecule has 0 fully saturated rings. The minimum Gasteiger partial charge on any atom is -0.325 e. The van der Waals surface area contributed by atoms with E-state index in [1.165, 1.54) is 5.56 Å². The third kappa shape index (κ3) is 4.75. The molecule has 94 valence electrons. The number of aliphatic imine (C=N–C) groups is 1. The van der Waals surface area contributed by atoms with E-state index in [4.69, 9.17) is 5.84 Å². The van der Waals surface area contributed by atoms with Crippen molar-refractivity contribution in [3.05, 3.63) is 28.2 Å². The summed E-state index contributed by atoms with van der Waals surface area (Å²) < 4.78 is 1.06. The summed E-state index contributed by atoms with van der Waals surface area (Å²) in [4.78, 5) is 4.34. The topological polar surface area (TPSA) is 62.4 Å². The van der Waals surface area contributed by atoms with Crippen LogP contribution in [0.15, 0.2) is 27.7 Å². The second kappa shape index (κ2) is 6.61. The largest absolute Gasteiger partial charge is 0.325 e. The number of hydrogen-bond donors (Lipinski definition) is 3. The number of hydrazine groups is 1. The molecule has 4 N–H and O–H groups in total. The number of halogens is 1. The molecule has 1 aromatic rings. The lowest BCUT2D eigenvalue weighted by atomic mass is 10.2. The molecule has 5 heteroatoms. The number of benzene rings is 1. The van der Waals surface area contributed by atoms with Crippen LogP contribution in [0.5, 0.6) is 0 Å². The highest BCUT2D eigenvalue weighted by molar-refractivity contribution is 9.10. The van der Waals surface area contributed by atoms with E-state index in [0.29, 0.717) is 11.9 Å². The Morgan fingerprint density at radius 1 is 1.47 bits per heavy atom. The normalized spacial score (nSPS) is 11.8. The molecule has 0 amide bonds. The Hall–Kier alpha value is -1.07. The average Bonchev–Trinajstić information content (AvgIpc) is 2.28. The van der Waals surface area contributed by atoms with E-state index in [1.54, 1.807) is 0 Å². The van der Waals surface area contributed by atoms with Gasteiger partial charge in [-0.3, -0.25) is 10.4 Å². The zero-order valence-corrected chi connectivity index (χ0v) is 12.0. The maximum absolute atomic E-state index is 5.42. The van der Waals surface area contributed by atoms with E-state index in [2.05, 4.69) is 45.5 Å². The fourth-order valence-electron chi connectivity index (χ4n) is 1.20. The molecule has 0 atom stereocenters. The van der Waals surface area contributed by atoms with Crippen LogP contribution in [0.4, 0.5) is 5.69 Å². The van der Waals surface area contributed by atoms with E-state index in [0.717, 1.165) is 16.7 Å². The Kier molecular flexibility index (Phi) is 5.44. The van der Waals surface area contributed by atoms with Crippen molar-refractivity contribution in [3.8, 4) is 0 Å². The zero-order chi connectivity index (χ0) is 12.8. The molecular weight excluding hydrogens is 280 g/mol. The maximum Gasteiger partial charge on any atom is 0.210 e. The lowest BCUT2D eigenvalue weighted by Crippen LogP contribution is -2.36. The molecule has 0 bridgehead atoms. The highest BCUT2D eigenvalue weighted by Gasteiger charge is 2.01. The number of nitrogens with one attached hydrogen (secondary N) is 2. The number of nitrogens with zero attached hydrogens (tertiary/aromatic N) is 1. The standard InChI is InChI=1S/C12H19BrN4/c1-8(2)7-15-12(17-14)16-10-5-4-9(3)11(13)6-10/h4-6,8H,7,14H2,1-3H3,(H2,15,16,17). The summed E-state index contributed by atoms with van der Waals surface area (Å²) in [7, 11) is 0. The van der Waals surface area contributed by atoms with Gasteiger partial charge in [-0.25, -0.2) is 5.84 Å². The molecule has 4 nitrogen and oxygen atoms in total. The van der Waals surface area contributed by atoms with Crippen LogP contribution < -0.4 is 16.6 Å². The van der Waals surface area contributed by atoms with E-state index < -0.39 is 0 Å². The van der Waals surface area contributed by atoms with Crippen molar-refractivity contribution < 1.29 is 0 Å². The molecule has 0 heterocycles. The van der Waals surface area contributed by atoms with Gasteiger partial charge in [0.25, 0.3) is 0 Å². The fraction of sp³-hybridized carbons (Fsp3) is 0.417. The molecule has 0 aliphatic rings. The van der Waals surface area contributed by atoms with Crippen LogP contribution in [0, 0.1) is 12.8 Å². The molecule has 0 radical (unpaired) electrons.